The van der Waals surface area contributed by atoms with E-state index < -0.39 is 0 Å². The molecule has 21 heavy (non-hydrogen) atoms. The molecule has 0 fully saturated rings. The monoisotopic (exact) mass is 290 g/mol. The molecule has 2 N–H and O–H groups in total. The Balaban J connectivity index is 2.71. The average Bonchev–Trinajstić information content (AvgIpc) is 2.44. The van der Waals surface area contributed by atoms with Crippen LogP contribution in [0.2, 0.25) is 0 Å². The lowest BCUT2D eigenvalue weighted by Gasteiger charge is -2.14. The first-order chi connectivity index (χ1) is 9.93. The van der Waals surface area contributed by atoms with Gasteiger partial charge in [0.15, 0.2) is 5.96 Å². The van der Waals surface area contributed by atoms with E-state index in [1.807, 2.05) is 31.2 Å². The van der Waals surface area contributed by atoms with E-state index in [0.29, 0.717) is 18.2 Å². The standard InChI is InChI=1S/C16H26N4O/c1-6-17-16(19-12(2)3)18-11-13-7-9-14(10-8-13)15(21)20(4)5/h7-10,12H,6,11H2,1-5H3,(H2,17,18,19). The lowest BCUT2D eigenvalue weighted by molar-refractivity contribution is 0.0827. The summed E-state index contributed by atoms with van der Waals surface area (Å²) in [6.45, 7) is 7.61. The molecule has 5 heteroatoms. The molecule has 1 amide bonds. The van der Waals surface area contributed by atoms with Gasteiger partial charge in [-0.2, -0.15) is 0 Å². The van der Waals surface area contributed by atoms with Crippen LogP contribution in [0.15, 0.2) is 29.3 Å². The number of carbonyl (C=O) groups is 1. The number of guanidine groups is 1. The van der Waals surface area contributed by atoms with Crippen molar-refractivity contribution in [3.8, 4) is 0 Å². The second-order valence-corrected chi connectivity index (χ2v) is 5.39. The number of carbonyl (C=O) groups excluding carboxylic acids is 1. The van der Waals surface area contributed by atoms with Crippen molar-refractivity contribution in [1.29, 1.82) is 0 Å². The van der Waals surface area contributed by atoms with Crippen molar-refractivity contribution in [3.63, 3.8) is 0 Å². The lowest BCUT2D eigenvalue weighted by Crippen LogP contribution is -2.40. The summed E-state index contributed by atoms with van der Waals surface area (Å²) in [7, 11) is 3.50. The molecule has 0 aromatic heterocycles. The fraction of sp³-hybridized carbons (Fsp3) is 0.500. The number of rotatable bonds is 5. The SMILES string of the molecule is CCNC(=NCc1ccc(C(=O)N(C)C)cc1)NC(C)C. The van der Waals surface area contributed by atoms with E-state index in [4.69, 9.17) is 0 Å². The number of nitrogens with zero attached hydrogens (tertiary/aromatic N) is 2. The molecule has 0 aliphatic rings. The van der Waals surface area contributed by atoms with Crippen LogP contribution in [0.25, 0.3) is 0 Å². The first kappa shape index (κ1) is 17.0. The Labute approximate surface area is 127 Å². The molecule has 1 rings (SSSR count). The molecular weight excluding hydrogens is 264 g/mol. The fourth-order valence-electron chi connectivity index (χ4n) is 1.77. The molecule has 0 bridgehead atoms. The molecule has 0 aliphatic heterocycles. The molecular formula is C16H26N4O. The normalized spacial score (nSPS) is 11.4. The molecule has 0 saturated carbocycles. The minimum Gasteiger partial charge on any atom is -0.357 e. The third-order valence-corrected chi connectivity index (χ3v) is 2.80. The van der Waals surface area contributed by atoms with E-state index in [0.717, 1.165) is 18.1 Å². The Hall–Kier alpha value is -2.04. The van der Waals surface area contributed by atoms with Crippen LogP contribution < -0.4 is 10.6 Å². The highest BCUT2D eigenvalue weighted by atomic mass is 16.2. The van der Waals surface area contributed by atoms with Gasteiger partial charge in [-0.15, -0.1) is 0 Å². The molecule has 0 spiro atoms. The van der Waals surface area contributed by atoms with Crippen LogP contribution in [0.4, 0.5) is 0 Å². The number of amides is 1. The van der Waals surface area contributed by atoms with E-state index in [1.165, 1.54) is 0 Å². The van der Waals surface area contributed by atoms with Crippen LogP contribution >= 0.6 is 0 Å². The van der Waals surface area contributed by atoms with Crippen LogP contribution in [0.1, 0.15) is 36.7 Å². The van der Waals surface area contributed by atoms with Gasteiger partial charge in [0.25, 0.3) is 5.91 Å². The number of aliphatic imine (C=N–C) groups is 1. The number of nitrogens with one attached hydrogen (secondary N) is 2. The number of benzene rings is 1. The van der Waals surface area contributed by atoms with E-state index in [9.17, 15) is 4.79 Å². The van der Waals surface area contributed by atoms with Gasteiger partial charge in [-0.05, 0) is 38.5 Å². The van der Waals surface area contributed by atoms with Gasteiger partial charge in [0.05, 0.1) is 6.54 Å². The first-order valence-electron chi connectivity index (χ1n) is 7.29. The predicted octanol–water partition coefficient (Wildman–Crippen LogP) is 1.85. The average molecular weight is 290 g/mol. The summed E-state index contributed by atoms with van der Waals surface area (Å²) >= 11 is 0. The van der Waals surface area contributed by atoms with Gasteiger partial charge in [0.1, 0.15) is 0 Å². The zero-order valence-electron chi connectivity index (χ0n) is 13.6. The predicted molar refractivity (Wildman–Crippen MR) is 87.5 cm³/mol. The summed E-state index contributed by atoms with van der Waals surface area (Å²) in [6, 6.07) is 7.91. The zero-order valence-corrected chi connectivity index (χ0v) is 13.6. The van der Waals surface area contributed by atoms with Gasteiger partial charge in [0.2, 0.25) is 0 Å². The number of hydrogen-bond donors (Lipinski definition) is 2. The van der Waals surface area contributed by atoms with Crippen LogP contribution in [-0.4, -0.2) is 43.4 Å². The fourth-order valence-corrected chi connectivity index (χ4v) is 1.77. The third kappa shape index (κ3) is 5.85. The molecule has 116 valence electrons. The van der Waals surface area contributed by atoms with Gasteiger partial charge >= 0.3 is 0 Å². The largest absolute Gasteiger partial charge is 0.357 e. The maximum atomic E-state index is 11.8. The summed E-state index contributed by atoms with van der Waals surface area (Å²) < 4.78 is 0. The van der Waals surface area contributed by atoms with Crippen molar-refractivity contribution in [2.24, 2.45) is 4.99 Å². The van der Waals surface area contributed by atoms with Crippen LogP contribution in [0.5, 0.6) is 0 Å². The van der Waals surface area contributed by atoms with E-state index in [2.05, 4.69) is 29.5 Å². The second kappa shape index (κ2) is 8.29. The number of hydrogen-bond acceptors (Lipinski definition) is 2. The highest BCUT2D eigenvalue weighted by Gasteiger charge is 2.07. The molecule has 0 unspecified atom stereocenters. The summed E-state index contributed by atoms with van der Waals surface area (Å²) in [5.41, 5.74) is 1.77. The van der Waals surface area contributed by atoms with Gasteiger partial charge in [0, 0.05) is 32.2 Å². The minimum absolute atomic E-state index is 0.0138. The van der Waals surface area contributed by atoms with Crippen LogP contribution in [0.3, 0.4) is 0 Å². The van der Waals surface area contributed by atoms with E-state index in [1.54, 1.807) is 19.0 Å². The Morgan fingerprint density at radius 1 is 1.24 bits per heavy atom. The second-order valence-electron chi connectivity index (χ2n) is 5.39. The highest BCUT2D eigenvalue weighted by molar-refractivity contribution is 5.93. The van der Waals surface area contributed by atoms with Crippen molar-refractivity contribution in [2.45, 2.75) is 33.4 Å². The van der Waals surface area contributed by atoms with Crippen LogP contribution in [-0.2, 0) is 6.54 Å². The molecule has 0 radical (unpaired) electrons. The van der Waals surface area contributed by atoms with Crippen molar-refractivity contribution in [1.82, 2.24) is 15.5 Å². The van der Waals surface area contributed by atoms with Crippen molar-refractivity contribution in [3.05, 3.63) is 35.4 Å². The first-order valence-corrected chi connectivity index (χ1v) is 7.29. The molecule has 0 saturated heterocycles. The van der Waals surface area contributed by atoms with Crippen LogP contribution in [0, 0.1) is 0 Å². The smallest absolute Gasteiger partial charge is 0.253 e. The lowest BCUT2D eigenvalue weighted by atomic mass is 10.1. The summed E-state index contributed by atoms with van der Waals surface area (Å²) in [5.74, 6) is 0.820. The van der Waals surface area contributed by atoms with Gasteiger partial charge in [-0.3, -0.25) is 4.79 Å². The maximum absolute atomic E-state index is 11.8. The third-order valence-electron chi connectivity index (χ3n) is 2.80. The summed E-state index contributed by atoms with van der Waals surface area (Å²) in [4.78, 5) is 17.9. The van der Waals surface area contributed by atoms with Crippen molar-refractivity contribution in [2.75, 3.05) is 20.6 Å². The Kier molecular flexibility index (Phi) is 6.72. The van der Waals surface area contributed by atoms with Crippen molar-refractivity contribution < 1.29 is 4.79 Å². The molecule has 1 aromatic carbocycles. The molecule has 0 heterocycles. The minimum atomic E-state index is 0.0138. The molecule has 1 aromatic rings. The quantitative estimate of drug-likeness (QED) is 0.643. The topological polar surface area (TPSA) is 56.7 Å². The van der Waals surface area contributed by atoms with E-state index in [-0.39, 0.29) is 5.91 Å². The highest BCUT2D eigenvalue weighted by Crippen LogP contribution is 2.07. The summed E-state index contributed by atoms with van der Waals surface area (Å²) in [6.07, 6.45) is 0. The Bertz CT molecular complexity index is 478. The van der Waals surface area contributed by atoms with Gasteiger partial charge < -0.3 is 15.5 Å². The maximum Gasteiger partial charge on any atom is 0.253 e. The van der Waals surface area contributed by atoms with Gasteiger partial charge in [-0.25, -0.2) is 4.99 Å². The molecule has 5 nitrogen and oxygen atoms in total. The van der Waals surface area contributed by atoms with E-state index >= 15 is 0 Å². The molecule has 0 atom stereocenters. The summed E-state index contributed by atoms with van der Waals surface area (Å²) in [5, 5.41) is 6.48. The Morgan fingerprint density at radius 3 is 2.33 bits per heavy atom. The Morgan fingerprint density at radius 2 is 1.86 bits per heavy atom. The van der Waals surface area contributed by atoms with Crippen molar-refractivity contribution >= 4 is 11.9 Å². The molecule has 0 aliphatic carbocycles. The zero-order chi connectivity index (χ0) is 15.8. The van der Waals surface area contributed by atoms with Gasteiger partial charge in [-0.1, -0.05) is 12.1 Å².